The second kappa shape index (κ2) is 5.83. The molecule has 0 radical (unpaired) electrons. The van der Waals surface area contributed by atoms with Crippen LogP contribution in [0.3, 0.4) is 0 Å². The summed E-state index contributed by atoms with van der Waals surface area (Å²) in [6, 6.07) is 7.02. The van der Waals surface area contributed by atoms with E-state index >= 15 is 0 Å². The Balaban J connectivity index is 2.09. The standard InChI is InChI=1S/C16H24N2O2/c1-12(2)16(8-9-17-11-16)15(20)18(3)10-13-4-6-14(19)7-5-13/h4-7,12,17,19H,8-11H2,1-3H3. The van der Waals surface area contributed by atoms with Gasteiger partial charge in [-0.3, -0.25) is 4.79 Å². The third-order valence-corrected chi connectivity index (χ3v) is 4.42. The number of hydrogen-bond donors (Lipinski definition) is 2. The number of aromatic hydroxyl groups is 1. The van der Waals surface area contributed by atoms with Crippen LogP contribution in [0.1, 0.15) is 25.8 Å². The van der Waals surface area contributed by atoms with Gasteiger partial charge in [0.1, 0.15) is 5.75 Å². The maximum atomic E-state index is 12.8. The molecule has 2 rings (SSSR count). The lowest BCUT2D eigenvalue weighted by Gasteiger charge is -2.35. The number of phenols is 1. The molecule has 0 aliphatic carbocycles. The Bertz CT molecular complexity index is 462. The molecule has 4 heteroatoms. The summed E-state index contributed by atoms with van der Waals surface area (Å²) in [5, 5.41) is 12.6. The molecular formula is C16H24N2O2. The van der Waals surface area contributed by atoms with Crippen LogP contribution in [0.5, 0.6) is 5.75 Å². The molecule has 1 saturated heterocycles. The van der Waals surface area contributed by atoms with Gasteiger partial charge in [0.05, 0.1) is 5.41 Å². The first-order valence-electron chi connectivity index (χ1n) is 7.20. The lowest BCUT2D eigenvalue weighted by atomic mass is 9.75. The van der Waals surface area contributed by atoms with Gasteiger partial charge in [0, 0.05) is 20.1 Å². The Kier molecular flexibility index (Phi) is 4.33. The predicted molar refractivity (Wildman–Crippen MR) is 79.3 cm³/mol. The number of amides is 1. The van der Waals surface area contributed by atoms with Crippen molar-refractivity contribution in [3.8, 4) is 5.75 Å². The van der Waals surface area contributed by atoms with Crippen LogP contribution in [-0.4, -0.2) is 36.1 Å². The minimum atomic E-state index is -0.272. The highest BCUT2D eigenvalue weighted by Crippen LogP contribution is 2.36. The van der Waals surface area contributed by atoms with E-state index in [1.54, 1.807) is 17.0 Å². The van der Waals surface area contributed by atoms with Crippen molar-refractivity contribution >= 4 is 5.91 Å². The fourth-order valence-electron chi connectivity index (χ4n) is 2.96. The maximum absolute atomic E-state index is 12.8. The molecule has 1 atom stereocenters. The fraction of sp³-hybridized carbons (Fsp3) is 0.562. The highest BCUT2D eigenvalue weighted by Gasteiger charge is 2.45. The van der Waals surface area contributed by atoms with Crippen molar-refractivity contribution in [2.75, 3.05) is 20.1 Å². The first-order valence-corrected chi connectivity index (χ1v) is 7.20. The van der Waals surface area contributed by atoms with Crippen molar-refractivity contribution in [2.45, 2.75) is 26.8 Å². The van der Waals surface area contributed by atoms with Crippen molar-refractivity contribution in [1.29, 1.82) is 0 Å². The van der Waals surface area contributed by atoms with E-state index in [9.17, 15) is 9.90 Å². The van der Waals surface area contributed by atoms with Gasteiger partial charge in [0.2, 0.25) is 5.91 Å². The number of carbonyl (C=O) groups is 1. The summed E-state index contributed by atoms with van der Waals surface area (Å²) < 4.78 is 0. The average molecular weight is 276 g/mol. The molecule has 1 aromatic carbocycles. The van der Waals surface area contributed by atoms with Crippen LogP contribution in [0, 0.1) is 11.3 Å². The zero-order chi connectivity index (χ0) is 14.8. The van der Waals surface area contributed by atoms with E-state index in [2.05, 4.69) is 19.2 Å². The van der Waals surface area contributed by atoms with Crippen molar-refractivity contribution in [1.82, 2.24) is 10.2 Å². The van der Waals surface area contributed by atoms with Crippen LogP contribution >= 0.6 is 0 Å². The normalized spacial score (nSPS) is 22.2. The molecule has 4 nitrogen and oxygen atoms in total. The number of nitrogens with one attached hydrogen (secondary N) is 1. The maximum Gasteiger partial charge on any atom is 0.230 e. The molecule has 1 aromatic rings. The van der Waals surface area contributed by atoms with Gasteiger partial charge in [-0.05, 0) is 36.6 Å². The molecule has 0 aromatic heterocycles. The molecule has 1 aliphatic heterocycles. The minimum absolute atomic E-state index is 0.213. The van der Waals surface area contributed by atoms with Crippen molar-refractivity contribution in [2.24, 2.45) is 11.3 Å². The van der Waals surface area contributed by atoms with E-state index in [0.29, 0.717) is 12.5 Å². The van der Waals surface area contributed by atoms with E-state index in [1.165, 1.54) is 0 Å². The average Bonchev–Trinajstić information content (AvgIpc) is 2.91. The van der Waals surface area contributed by atoms with Crippen LogP contribution in [0.25, 0.3) is 0 Å². The zero-order valence-corrected chi connectivity index (χ0v) is 12.5. The summed E-state index contributed by atoms with van der Waals surface area (Å²) in [5.74, 6) is 0.791. The van der Waals surface area contributed by atoms with Crippen LogP contribution in [0.2, 0.25) is 0 Å². The lowest BCUT2D eigenvalue weighted by molar-refractivity contribution is -0.142. The van der Waals surface area contributed by atoms with Crippen LogP contribution in [0.15, 0.2) is 24.3 Å². The van der Waals surface area contributed by atoms with Gasteiger partial charge < -0.3 is 15.3 Å². The monoisotopic (exact) mass is 276 g/mol. The van der Waals surface area contributed by atoms with Gasteiger partial charge in [-0.25, -0.2) is 0 Å². The van der Waals surface area contributed by atoms with Gasteiger partial charge >= 0.3 is 0 Å². The predicted octanol–water partition coefficient (Wildman–Crippen LogP) is 1.99. The third-order valence-electron chi connectivity index (χ3n) is 4.42. The number of nitrogens with zero attached hydrogens (tertiary/aromatic N) is 1. The molecule has 0 bridgehead atoms. The smallest absolute Gasteiger partial charge is 0.230 e. The quantitative estimate of drug-likeness (QED) is 0.884. The van der Waals surface area contributed by atoms with E-state index in [4.69, 9.17) is 0 Å². The Morgan fingerprint density at radius 3 is 2.55 bits per heavy atom. The molecule has 0 saturated carbocycles. The molecule has 1 fully saturated rings. The Morgan fingerprint density at radius 1 is 1.40 bits per heavy atom. The molecule has 1 amide bonds. The molecule has 1 unspecified atom stereocenters. The van der Waals surface area contributed by atoms with Crippen LogP contribution in [0.4, 0.5) is 0 Å². The molecule has 2 N–H and O–H groups in total. The summed E-state index contributed by atoms with van der Waals surface area (Å²) in [6.45, 7) is 6.51. The van der Waals surface area contributed by atoms with E-state index < -0.39 is 0 Å². The number of hydrogen-bond acceptors (Lipinski definition) is 3. The van der Waals surface area contributed by atoms with Crippen molar-refractivity contribution in [3.05, 3.63) is 29.8 Å². The number of rotatable bonds is 4. The van der Waals surface area contributed by atoms with E-state index in [1.807, 2.05) is 19.2 Å². The van der Waals surface area contributed by atoms with E-state index in [-0.39, 0.29) is 17.1 Å². The third kappa shape index (κ3) is 2.80. The zero-order valence-electron chi connectivity index (χ0n) is 12.5. The van der Waals surface area contributed by atoms with Gasteiger partial charge in [0.15, 0.2) is 0 Å². The Labute approximate surface area is 120 Å². The SMILES string of the molecule is CC(C)C1(C(=O)N(C)Cc2ccc(O)cc2)CCNC1. The number of carbonyl (C=O) groups excluding carboxylic acids is 1. The summed E-state index contributed by atoms with van der Waals surface area (Å²) in [6.07, 6.45) is 0.906. The Hall–Kier alpha value is -1.55. The summed E-state index contributed by atoms with van der Waals surface area (Å²) in [5.41, 5.74) is 0.759. The van der Waals surface area contributed by atoms with Crippen LogP contribution in [-0.2, 0) is 11.3 Å². The second-order valence-electron chi connectivity index (χ2n) is 6.07. The van der Waals surface area contributed by atoms with Gasteiger partial charge in [0.25, 0.3) is 0 Å². The first-order chi connectivity index (χ1) is 9.45. The minimum Gasteiger partial charge on any atom is -0.508 e. The fourth-order valence-corrected chi connectivity index (χ4v) is 2.96. The van der Waals surface area contributed by atoms with Crippen molar-refractivity contribution in [3.63, 3.8) is 0 Å². The molecular weight excluding hydrogens is 252 g/mol. The largest absolute Gasteiger partial charge is 0.508 e. The van der Waals surface area contributed by atoms with Gasteiger partial charge in [-0.15, -0.1) is 0 Å². The summed E-state index contributed by atoms with van der Waals surface area (Å²) in [7, 11) is 1.86. The first kappa shape index (κ1) is 14.9. The molecule has 0 spiro atoms. The topological polar surface area (TPSA) is 52.6 Å². The van der Waals surface area contributed by atoms with Crippen LogP contribution < -0.4 is 5.32 Å². The number of benzene rings is 1. The highest BCUT2D eigenvalue weighted by atomic mass is 16.3. The Morgan fingerprint density at radius 2 is 2.05 bits per heavy atom. The highest BCUT2D eigenvalue weighted by molar-refractivity contribution is 5.83. The molecule has 1 heterocycles. The number of phenolic OH excluding ortho intramolecular Hbond substituents is 1. The van der Waals surface area contributed by atoms with Crippen molar-refractivity contribution < 1.29 is 9.90 Å². The van der Waals surface area contributed by atoms with Gasteiger partial charge in [-0.2, -0.15) is 0 Å². The molecule has 20 heavy (non-hydrogen) atoms. The van der Waals surface area contributed by atoms with Gasteiger partial charge in [-0.1, -0.05) is 26.0 Å². The molecule has 1 aliphatic rings. The summed E-state index contributed by atoms with van der Waals surface area (Å²) >= 11 is 0. The summed E-state index contributed by atoms with van der Waals surface area (Å²) in [4.78, 5) is 14.6. The van der Waals surface area contributed by atoms with E-state index in [0.717, 1.165) is 25.1 Å². The second-order valence-corrected chi connectivity index (χ2v) is 6.07. The lowest BCUT2D eigenvalue weighted by Crippen LogP contribution is -2.46. The molecule has 110 valence electrons.